The highest BCUT2D eigenvalue weighted by Gasteiger charge is 2.38. The molecular weight excluding hydrogens is 292 g/mol. The van der Waals surface area contributed by atoms with Crippen LogP contribution in [0.1, 0.15) is 32.4 Å². The van der Waals surface area contributed by atoms with Gasteiger partial charge in [0, 0.05) is 9.64 Å². The molecule has 0 aliphatic heterocycles. The average molecular weight is 312 g/mol. The van der Waals surface area contributed by atoms with E-state index in [9.17, 15) is 8.78 Å². The van der Waals surface area contributed by atoms with Crippen molar-refractivity contribution in [2.24, 2.45) is 5.73 Å². The van der Waals surface area contributed by atoms with Crippen LogP contribution < -0.4 is 5.73 Å². The van der Waals surface area contributed by atoms with Crippen LogP contribution in [0.2, 0.25) is 0 Å². The van der Waals surface area contributed by atoms with Crippen molar-refractivity contribution >= 4 is 24.2 Å². The summed E-state index contributed by atoms with van der Waals surface area (Å²) >= 11 is 1.49. The van der Waals surface area contributed by atoms with E-state index in [1.807, 2.05) is 20.8 Å². The second kappa shape index (κ2) is 6.88. The lowest BCUT2D eigenvalue weighted by molar-refractivity contribution is -0.0717. The van der Waals surface area contributed by atoms with E-state index in [1.165, 1.54) is 11.8 Å². The average Bonchev–Trinajstić information content (AvgIpc) is 2.26. The molecule has 110 valence electrons. The van der Waals surface area contributed by atoms with Crippen LogP contribution in [0.5, 0.6) is 0 Å². The quantitative estimate of drug-likeness (QED) is 0.835. The van der Waals surface area contributed by atoms with E-state index in [4.69, 9.17) is 10.8 Å². The number of hydrogen-bond acceptors (Lipinski definition) is 3. The van der Waals surface area contributed by atoms with Gasteiger partial charge in [0.2, 0.25) is 0 Å². The zero-order valence-electron chi connectivity index (χ0n) is 11.2. The summed E-state index contributed by atoms with van der Waals surface area (Å²) in [5.74, 6) is -3.31. The maximum atomic E-state index is 13.5. The fourth-order valence-corrected chi connectivity index (χ4v) is 2.61. The molecule has 0 amide bonds. The minimum absolute atomic E-state index is 0. The molecule has 0 unspecified atom stereocenters. The zero-order valence-corrected chi connectivity index (χ0v) is 12.8. The lowest BCUT2D eigenvalue weighted by Gasteiger charge is -2.26. The SMILES string of the molecule is CC(C)(C)Sc1ccccc1[C@H](N)C(F)(F)CO.Cl. The van der Waals surface area contributed by atoms with Gasteiger partial charge in [0.15, 0.2) is 0 Å². The zero-order chi connectivity index (χ0) is 14.0. The fraction of sp³-hybridized carbons (Fsp3) is 0.538. The molecule has 19 heavy (non-hydrogen) atoms. The Hall–Kier alpha value is -0.360. The van der Waals surface area contributed by atoms with Crippen LogP contribution in [0.3, 0.4) is 0 Å². The largest absolute Gasteiger partial charge is 0.390 e. The molecule has 1 aromatic carbocycles. The number of nitrogens with two attached hydrogens (primary N) is 1. The predicted octanol–water partition coefficient (Wildman–Crippen LogP) is 3.63. The molecule has 0 spiro atoms. The lowest BCUT2D eigenvalue weighted by atomic mass is 10.0. The van der Waals surface area contributed by atoms with E-state index in [0.29, 0.717) is 5.56 Å². The third-order valence-corrected chi connectivity index (χ3v) is 3.54. The van der Waals surface area contributed by atoms with Crippen LogP contribution in [-0.4, -0.2) is 22.4 Å². The topological polar surface area (TPSA) is 46.2 Å². The van der Waals surface area contributed by atoms with Crippen molar-refractivity contribution in [3.63, 3.8) is 0 Å². The van der Waals surface area contributed by atoms with Crippen LogP contribution in [0.4, 0.5) is 8.78 Å². The Labute approximate surface area is 123 Å². The van der Waals surface area contributed by atoms with Crippen molar-refractivity contribution in [2.45, 2.75) is 42.4 Å². The Bertz CT molecular complexity index is 410. The number of aliphatic hydroxyl groups is 1. The van der Waals surface area contributed by atoms with E-state index < -0.39 is 18.6 Å². The van der Waals surface area contributed by atoms with Gasteiger partial charge in [-0.15, -0.1) is 24.2 Å². The van der Waals surface area contributed by atoms with Gasteiger partial charge in [0.05, 0.1) is 6.04 Å². The van der Waals surface area contributed by atoms with Crippen molar-refractivity contribution in [3.8, 4) is 0 Å². The molecule has 0 aliphatic carbocycles. The third kappa shape index (κ3) is 5.26. The molecule has 0 saturated carbocycles. The molecule has 0 saturated heterocycles. The summed E-state index contributed by atoms with van der Waals surface area (Å²) in [6.07, 6.45) is 0. The molecule has 0 heterocycles. The Morgan fingerprint density at radius 2 is 1.79 bits per heavy atom. The first kappa shape index (κ1) is 18.6. The summed E-state index contributed by atoms with van der Waals surface area (Å²) in [7, 11) is 0. The van der Waals surface area contributed by atoms with Crippen LogP contribution in [0.15, 0.2) is 29.2 Å². The van der Waals surface area contributed by atoms with Gasteiger partial charge in [-0.25, -0.2) is 8.78 Å². The van der Waals surface area contributed by atoms with E-state index >= 15 is 0 Å². The van der Waals surface area contributed by atoms with Gasteiger partial charge in [-0.3, -0.25) is 0 Å². The molecule has 6 heteroatoms. The van der Waals surface area contributed by atoms with Gasteiger partial charge in [-0.05, 0) is 11.6 Å². The highest BCUT2D eigenvalue weighted by molar-refractivity contribution is 8.00. The summed E-state index contributed by atoms with van der Waals surface area (Å²) in [6, 6.07) is 5.34. The van der Waals surface area contributed by atoms with E-state index in [2.05, 4.69) is 0 Å². The van der Waals surface area contributed by atoms with Crippen LogP contribution >= 0.6 is 24.2 Å². The van der Waals surface area contributed by atoms with Gasteiger partial charge >= 0.3 is 0 Å². The number of halogens is 3. The molecule has 3 N–H and O–H groups in total. The summed E-state index contributed by atoms with van der Waals surface area (Å²) in [6.45, 7) is 4.77. The smallest absolute Gasteiger partial charge is 0.289 e. The molecule has 0 fully saturated rings. The molecule has 0 aromatic heterocycles. The van der Waals surface area contributed by atoms with E-state index in [1.54, 1.807) is 24.3 Å². The highest BCUT2D eigenvalue weighted by Crippen LogP contribution is 2.39. The Morgan fingerprint density at radius 1 is 1.26 bits per heavy atom. The Balaban J connectivity index is 0.00000324. The number of hydrogen-bond donors (Lipinski definition) is 2. The Kier molecular flexibility index (Phi) is 6.75. The second-order valence-corrected chi connectivity index (χ2v) is 7.02. The highest BCUT2D eigenvalue weighted by atomic mass is 35.5. The minimum Gasteiger partial charge on any atom is -0.390 e. The van der Waals surface area contributed by atoms with Gasteiger partial charge in [0.1, 0.15) is 6.61 Å². The number of aliphatic hydroxyl groups excluding tert-OH is 1. The second-order valence-electron chi connectivity index (χ2n) is 5.15. The summed E-state index contributed by atoms with van der Waals surface area (Å²) < 4.78 is 26.8. The predicted molar refractivity (Wildman–Crippen MR) is 78.3 cm³/mol. The van der Waals surface area contributed by atoms with Crippen molar-refractivity contribution in [1.82, 2.24) is 0 Å². The third-order valence-electron chi connectivity index (χ3n) is 2.34. The monoisotopic (exact) mass is 311 g/mol. The van der Waals surface area contributed by atoms with Crippen molar-refractivity contribution in [3.05, 3.63) is 29.8 Å². The molecule has 2 nitrogen and oxygen atoms in total. The molecule has 1 atom stereocenters. The van der Waals surface area contributed by atoms with Gasteiger partial charge in [0.25, 0.3) is 5.92 Å². The normalized spacial score (nSPS) is 13.8. The molecule has 0 aliphatic rings. The molecule has 1 aromatic rings. The van der Waals surface area contributed by atoms with Crippen LogP contribution in [0, 0.1) is 0 Å². The maximum Gasteiger partial charge on any atom is 0.289 e. The maximum absolute atomic E-state index is 13.5. The molecule has 1 rings (SSSR count). The van der Waals surface area contributed by atoms with Crippen LogP contribution in [-0.2, 0) is 0 Å². The van der Waals surface area contributed by atoms with E-state index in [0.717, 1.165) is 4.90 Å². The first-order chi connectivity index (χ1) is 8.17. The fourth-order valence-electron chi connectivity index (χ4n) is 1.49. The summed E-state index contributed by atoms with van der Waals surface area (Å²) in [5.41, 5.74) is 5.95. The lowest BCUT2D eigenvalue weighted by Crippen LogP contribution is -2.36. The molecule has 0 radical (unpaired) electrons. The Morgan fingerprint density at radius 3 is 2.26 bits per heavy atom. The number of benzene rings is 1. The molecular formula is C13H20ClF2NOS. The summed E-state index contributed by atoms with van der Waals surface area (Å²) in [5, 5.41) is 8.71. The molecule has 0 bridgehead atoms. The van der Waals surface area contributed by atoms with Gasteiger partial charge in [-0.1, -0.05) is 39.0 Å². The van der Waals surface area contributed by atoms with Gasteiger partial charge in [-0.2, -0.15) is 0 Å². The number of thioether (sulfide) groups is 1. The van der Waals surface area contributed by atoms with Crippen molar-refractivity contribution in [2.75, 3.05) is 6.61 Å². The number of rotatable bonds is 4. The minimum atomic E-state index is -3.31. The van der Waals surface area contributed by atoms with Crippen LogP contribution in [0.25, 0.3) is 0 Å². The standard InChI is InChI=1S/C13H19F2NOS.ClH/c1-12(2,3)18-10-7-5-4-6-9(10)11(16)13(14,15)8-17;/h4-7,11,17H,8,16H2,1-3H3;1H/t11-;/m0./s1. The van der Waals surface area contributed by atoms with Crippen molar-refractivity contribution < 1.29 is 13.9 Å². The first-order valence-corrected chi connectivity index (χ1v) is 6.51. The first-order valence-electron chi connectivity index (χ1n) is 5.69. The van der Waals surface area contributed by atoms with Crippen molar-refractivity contribution in [1.29, 1.82) is 0 Å². The summed E-state index contributed by atoms with van der Waals surface area (Å²) in [4.78, 5) is 0.727. The van der Waals surface area contributed by atoms with Gasteiger partial charge < -0.3 is 10.8 Å². The number of alkyl halides is 2. The van der Waals surface area contributed by atoms with E-state index in [-0.39, 0.29) is 17.2 Å².